The Bertz CT molecular complexity index is 617. The zero-order valence-corrected chi connectivity index (χ0v) is 13.1. The van der Waals surface area contributed by atoms with Crippen LogP contribution in [0.4, 0.5) is 0 Å². The Morgan fingerprint density at radius 2 is 2.09 bits per heavy atom. The summed E-state index contributed by atoms with van der Waals surface area (Å²) in [6, 6.07) is 10.1. The monoisotopic (exact) mass is 298 g/mol. The number of carbonyl (C=O) groups excluding carboxylic acids is 1. The molecule has 116 valence electrons. The molecule has 0 aliphatic rings. The Morgan fingerprint density at radius 3 is 2.82 bits per heavy atom. The summed E-state index contributed by atoms with van der Waals surface area (Å²) in [5, 5.41) is 10.9. The molecule has 5 nitrogen and oxygen atoms in total. The third-order valence-corrected chi connectivity index (χ3v) is 3.17. The summed E-state index contributed by atoms with van der Waals surface area (Å²) in [4.78, 5) is 11.6. The molecule has 0 fully saturated rings. The van der Waals surface area contributed by atoms with Crippen molar-refractivity contribution in [2.75, 3.05) is 6.54 Å². The Labute approximate surface area is 131 Å². The van der Waals surface area contributed by atoms with Crippen molar-refractivity contribution >= 4 is 12.0 Å². The molecule has 0 aliphatic heterocycles. The summed E-state index contributed by atoms with van der Waals surface area (Å²) in [7, 11) is 0. The summed E-state index contributed by atoms with van der Waals surface area (Å²) < 4.78 is 1.76. The summed E-state index contributed by atoms with van der Waals surface area (Å²) >= 11 is 0. The number of rotatable bonds is 7. The van der Waals surface area contributed by atoms with Gasteiger partial charge < -0.3 is 5.32 Å². The van der Waals surface area contributed by atoms with Crippen LogP contribution < -0.4 is 5.32 Å². The van der Waals surface area contributed by atoms with E-state index in [0.29, 0.717) is 24.7 Å². The van der Waals surface area contributed by atoms with Gasteiger partial charge in [-0.3, -0.25) is 4.79 Å². The van der Waals surface area contributed by atoms with Crippen LogP contribution in [-0.2, 0) is 11.3 Å². The lowest BCUT2D eigenvalue weighted by Crippen LogP contribution is -2.23. The predicted octanol–water partition coefficient (Wildman–Crippen LogP) is 2.50. The lowest BCUT2D eigenvalue weighted by Gasteiger charge is -2.04. The van der Waals surface area contributed by atoms with Gasteiger partial charge >= 0.3 is 0 Å². The molecule has 2 rings (SSSR count). The van der Waals surface area contributed by atoms with Crippen LogP contribution in [0.25, 0.3) is 6.08 Å². The van der Waals surface area contributed by atoms with Crippen molar-refractivity contribution in [1.29, 1.82) is 0 Å². The van der Waals surface area contributed by atoms with E-state index in [-0.39, 0.29) is 5.91 Å². The molecular formula is C17H22N4O. The molecule has 2 aromatic rings. The van der Waals surface area contributed by atoms with Crippen LogP contribution in [0.3, 0.4) is 0 Å². The number of nitrogens with one attached hydrogen (secondary N) is 1. The van der Waals surface area contributed by atoms with Gasteiger partial charge in [0.25, 0.3) is 0 Å². The van der Waals surface area contributed by atoms with Gasteiger partial charge in [0, 0.05) is 12.6 Å². The summed E-state index contributed by atoms with van der Waals surface area (Å²) in [6.07, 6.45) is 5.98. The second kappa shape index (κ2) is 8.12. The molecule has 0 atom stereocenters. The van der Waals surface area contributed by atoms with Crippen LogP contribution in [-0.4, -0.2) is 27.4 Å². The Hall–Kier alpha value is -2.43. The topological polar surface area (TPSA) is 59.8 Å². The smallest absolute Gasteiger partial charge is 0.244 e. The van der Waals surface area contributed by atoms with Crippen molar-refractivity contribution in [2.45, 2.75) is 26.8 Å². The number of hydrogen-bond donors (Lipinski definition) is 1. The Kier molecular flexibility index (Phi) is 5.89. The largest absolute Gasteiger partial charge is 0.353 e. The first-order valence-corrected chi connectivity index (χ1v) is 7.53. The fourth-order valence-corrected chi connectivity index (χ4v) is 1.94. The van der Waals surface area contributed by atoms with Crippen molar-refractivity contribution < 1.29 is 4.79 Å². The highest BCUT2D eigenvalue weighted by Crippen LogP contribution is 2.03. The Balaban J connectivity index is 1.83. The van der Waals surface area contributed by atoms with E-state index in [2.05, 4.69) is 29.5 Å². The van der Waals surface area contributed by atoms with Crippen LogP contribution in [0.1, 0.15) is 31.5 Å². The third kappa shape index (κ3) is 5.52. The van der Waals surface area contributed by atoms with E-state index in [0.717, 1.165) is 12.0 Å². The summed E-state index contributed by atoms with van der Waals surface area (Å²) in [5.74, 6) is 0.487. The van der Waals surface area contributed by atoms with Crippen molar-refractivity contribution in [3.8, 4) is 0 Å². The van der Waals surface area contributed by atoms with Gasteiger partial charge in [0.05, 0.1) is 12.7 Å². The predicted molar refractivity (Wildman–Crippen MR) is 87.1 cm³/mol. The van der Waals surface area contributed by atoms with Gasteiger partial charge in [0.15, 0.2) is 0 Å². The lowest BCUT2D eigenvalue weighted by molar-refractivity contribution is -0.116. The number of benzene rings is 1. The number of nitrogens with zero attached hydrogens (tertiary/aromatic N) is 3. The Morgan fingerprint density at radius 1 is 1.32 bits per heavy atom. The van der Waals surface area contributed by atoms with E-state index in [4.69, 9.17) is 0 Å². The van der Waals surface area contributed by atoms with Gasteiger partial charge in [-0.05, 0) is 24.0 Å². The molecule has 0 aliphatic carbocycles. The first-order chi connectivity index (χ1) is 10.6. The van der Waals surface area contributed by atoms with E-state index < -0.39 is 0 Å². The number of amides is 1. The normalized spacial score (nSPS) is 11.2. The van der Waals surface area contributed by atoms with E-state index in [9.17, 15) is 4.79 Å². The molecule has 22 heavy (non-hydrogen) atoms. The number of aromatic nitrogens is 3. The second-order valence-electron chi connectivity index (χ2n) is 5.63. The molecule has 1 aromatic heterocycles. The van der Waals surface area contributed by atoms with Crippen LogP contribution in [0, 0.1) is 5.92 Å². The van der Waals surface area contributed by atoms with Crippen LogP contribution >= 0.6 is 0 Å². The van der Waals surface area contributed by atoms with E-state index in [1.807, 2.05) is 36.5 Å². The van der Waals surface area contributed by atoms with Crippen LogP contribution in [0.15, 0.2) is 42.6 Å². The maximum atomic E-state index is 11.6. The van der Waals surface area contributed by atoms with E-state index in [1.54, 1.807) is 10.8 Å². The van der Waals surface area contributed by atoms with Gasteiger partial charge in [-0.2, -0.15) is 0 Å². The van der Waals surface area contributed by atoms with Crippen molar-refractivity contribution in [2.24, 2.45) is 5.92 Å². The molecule has 0 unspecified atom stereocenters. The molecule has 1 amide bonds. The van der Waals surface area contributed by atoms with Gasteiger partial charge in [0.2, 0.25) is 5.91 Å². The minimum Gasteiger partial charge on any atom is -0.353 e. The zero-order chi connectivity index (χ0) is 15.8. The number of carbonyl (C=O) groups is 1. The summed E-state index contributed by atoms with van der Waals surface area (Å²) in [5.41, 5.74) is 1.84. The van der Waals surface area contributed by atoms with Crippen molar-refractivity contribution in [1.82, 2.24) is 20.3 Å². The standard InChI is InChI=1S/C17H22N4O/c1-14(2)10-11-18-17(22)9-8-16-13-21(20-19-16)12-15-6-4-3-5-7-15/h3-9,13-14H,10-12H2,1-2H3,(H,18,22)/b9-8+. The zero-order valence-electron chi connectivity index (χ0n) is 13.1. The molecule has 1 heterocycles. The van der Waals surface area contributed by atoms with Gasteiger partial charge in [0.1, 0.15) is 5.69 Å². The average Bonchev–Trinajstić information content (AvgIpc) is 2.93. The molecule has 0 spiro atoms. The van der Waals surface area contributed by atoms with Gasteiger partial charge in [-0.1, -0.05) is 49.4 Å². The molecule has 1 aromatic carbocycles. The molecule has 0 radical (unpaired) electrons. The fraction of sp³-hybridized carbons (Fsp3) is 0.353. The minimum atomic E-state index is -0.0988. The minimum absolute atomic E-state index is 0.0988. The highest BCUT2D eigenvalue weighted by atomic mass is 16.1. The maximum Gasteiger partial charge on any atom is 0.244 e. The average molecular weight is 298 g/mol. The van der Waals surface area contributed by atoms with Crippen LogP contribution in [0.2, 0.25) is 0 Å². The lowest BCUT2D eigenvalue weighted by atomic mass is 10.1. The van der Waals surface area contributed by atoms with Gasteiger partial charge in [-0.25, -0.2) is 4.68 Å². The van der Waals surface area contributed by atoms with E-state index >= 15 is 0 Å². The van der Waals surface area contributed by atoms with Crippen molar-refractivity contribution in [3.63, 3.8) is 0 Å². The van der Waals surface area contributed by atoms with Crippen LogP contribution in [0.5, 0.6) is 0 Å². The quantitative estimate of drug-likeness (QED) is 0.799. The number of hydrogen-bond acceptors (Lipinski definition) is 3. The second-order valence-corrected chi connectivity index (χ2v) is 5.63. The molecule has 0 saturated heterocycles. The molecule has 5 heteroatoms. The first-order valence-electron chi connectivity index (χ1n) is 7.53. The first kappa shape index (κ1) is 15.9. The SMILES string of the molecule is CC(C)CCNC(=O)/C=C/c1cn(Cc2ccccc2)nn1. The highest BCUT2D eigenvalue weighted by Gasteiger charge is 2.00. The molecule has 0 bridgehead atoms. The van der Waals surface area contributed by atoms with E-state index in [1.165, 1.54) is 6.08 Å². The fourth-order valence-electron chi connectivity index (χ4n) is 1.94. The molecule has 0 saturated carbocycles. The molecule has 1 N–H and O–H groups in total. The maximum absolute atomic E-state index is 11.6. The highest BCUT2D eigenvalue weighted by molar-refractivity contribution is 5.91. The third-order valence-electron chi connectivity index (χ3n) is 3.17. The van der Waals surface area contributed by atoms with Crippen molar-refractivity contribution in [3.05, 3.63) is 53.9 Å². The van der Waals surface area contributed by atoms with Gasteiger partial charge in [-0.15, -0.1) is 5.10 Å². The summed E-state index contributed by atoms with van der Waals surface area (Å²) in [6.45, 7) is 5.63. The molecular weight excluding hydrogens is 276 g/mol.